The summed E-state index contributed by atoms with van der Waals surface area (Å²) in [5.41, 5.74) is 0. The van der Waals surface area contributed by atoms with E-state index in [0.29, 0.717) is 6.42 Å². The maximum absolute atomic E-state index is 8.92. The molecule has 54 valence electrons. The van der Waals surface area contributed by atoms with Crippen molar-refractivity contribution in [3.8, 4) is 0 Å². The lowest BCUT2D eigenvalue weighted by Gasteiger charge is -2.28. The molecular weight excluding hydrogens is 120 g/mol. The van der Waals surface area contributed by atoms with Crippen LogP contribution >= 0.6 is 0 Å². The number of ether oxygens (including phenoxy) is 1. The summed E-state index contributed by atoms with van der Waals surface area (Å²) < 4.78 is 4.90. The summed E-state index contributed by atoms with van der Waals surface area (Å²) in [6.45, 7) is 1.88. The van der Waals surface area contributed by atoms with Gasteiger partial charge in [0, 0.05) is 0 Å². The molecule has 1 heterocycles. The fraction of sp³-hybridized carbons (Fsp3) is 1.00. The minimum absolute atomic E-state index is 0.0865. The second-order valence-electron chi connectivity index (χ2n) is 2.48. The molecule has 0 aliphatic carbocycles. The molecule has 0 aromatic heterocycles. The lowest BCUT2D eigenvalue weighted by Crippen LogP contribution is -2.37. The first kappa shape index (κ1) is 6.99. The van der Waals surface area contributed by atoms with Crippen molar-refractivity contribution in [2.45, 2.75) is 38.3 Å². The Morgan fingerprint density at radius 2 is 2.00 bits per heavy atom. The zero-order valence-corrected chi connectivity index (χ0v) is 5.45. The molecule has 1 saturated heterocycles. The zero-order valence-electron chi connectivity index (χ0n) is 5.45. The molecule has 0 saturated carbocycles. The van der Waals surface area contributed by atoms with Crippen LogP contribution in [0.25, 0.3) is 0 Å². The van der Waals surface area contributed by atoms with Crippen molar-refractivity contribution < 1.29 is 14.9 Å². The predicted octanol–water partition coefficient (Wildman–Crippen LogP) is -0.135. The highest BCUT2D eigenvalue weighted by Gasteiger charge is 2.24. The first-order valence-corrected chi connectivity index (χ1v) is 3.21. The third-order valence-electron chi connectivity index (χ3n) is 1.57. The van der Waals surface area contributed by atoms with Crippen LogP contribution in [0.4, 0.5) is 0 Å². The van der Waals surface area contributed by atoms with E-state index >= 15 is 0 Å². The number of hydrogen-bond acceptors (Lipinski definition) is 3. The van der Waals surface area contributed by atoms with Gasteiger partial charge in [0.05, 0.1) is 6.10 Å². The summed E-state index contributed by atoms with van der Waals surface area (Å²) in [6, 6.07) is 0. The maximum Gasteiger partial charge on any atom is 0.181 e. The smallest absolute Gasteiger partial charge is 0.181 e. The van der Waals surface area contributed by atoms with Gasteiger partial charge in [0.25, 0.3) is 0 Å². The lowest BCUT2D eigenvalue weighted by molar-refractivity contribution is -0.210. The summed E-state index contributed by atoms with van der Waals surface area (Å²) in [5, 5.41) is 17.8. The molecule has 1 aliphatic rings. The molecule has 3 nitrogen and oxygen atoms in total. The van der Waals surface area contributed by atoms with Crippen molar-refractivity contribution in [2.24, 2.45) is 0 Å². The van der Waals surface area contributed by atoms with Crippen molar-refractivity contribution in [2.75, 3.05) is 0 Å². The number of hydrogen-bond donors (Lipinski definition) is 2. The first-order chi connectivity index (χ1) is 4.20. The van der Waals surface area contributed by atoms with Crippen LogP contribution in [0.2, 0.25) is 0 Å². The van der Waals surface area contributed by atoms with E-state index in [1.54, 1.807) is 0 Å². The monoisotopic (exact) mass is 132 g/mol. The van der Waals surface area contributed by atoms with E-state index in [1.165, 1.54) is 0 Å². The fourth-order valence-corrected chi connectivity index (χ4v) is 0.945. The largest absolute Gasteiger partial charge is 0.388 e. The van der Waals surface area contributed by atoms with Crippen LogP contribution in [0.1, 0.15) is 19.8 Å². The van der Waals surface area contributed by atoms with Crippen LogP contribution in [-0.2, 0) is 4.74 Å². The van der Waals surface area contributed by atoms with Gasteiger partial charge >= 0.3 is 0 Å². The molecule has 9 heavy (non-hydrogen) atoms. The van der Waals surface area contributed by atoms with Gasteiger partial charge in [-0.2, -0.15) is 0 Å². The standard InChI is InChI=1S/C6H12O3/c1-4-2-3-5(7)6(8)9-4/h4-8H,2-3H2,1H3/t4?,5?,6-/m1/s1. The maximum atomic E-state index is 8.92. The molecular formula is C6H12O3. The fourth-order valence-electron chi connectivity index (χ4n) is 0.945. The third-order valence-corrected chi connectivity index (χ3v) is 1.57. The average Bonchev–Trinajstić information content (AvgIpc) is 1.80. The number of rotatable bonds is 0. The second kappa shape index (κ2) is 2.64. The lowest BCUT2D eigenvalue weighted by atomic mass is 10.1. The highest BCUT2D eigenvalue weighted by molar-refractivity contribution is 4.68. The van der Waals surface area contributed by atoms with Crippen molar-refractivity contribution >= 4 is 0 Å². The molecule has 1 rings (SSSR count). The molecule has 0 aromatic rings. The van der Waals surface area contributed by atoms with E-state index in [-0.39, 0.29) is 6.10 Å². The van der Waals surface area contributed by atoms with Gasteiger partial charge in [-0.05, 0) is 19.8 Å². The van der Waals surface area contributed by atoms with Gasteiger partial charge in [-0.25, -0.2) is 0 Å². The summed E-state index contributed by atoms with van der Waals surface area (Å²) in [5.74, 6) is 0. The first-order valence-electron chi connectivity index (χ1n) is 3.21. The predicted molar refractivity (Wildman–Crippen MR) is 31.8 cm³/mol. The van der Waals surface area contributed by atoms with E-state index in [9.17, 15) is 0 Å². The SMILES string of the molecule is CC1CCC(O)[C@H](O)O1. The van der Waals surface area contributed by atoms with Gasteiger partial charge in [0.1, 0.15) is 6.10 Å². The van der Waals surface area contributed by atoms with Gasteiger partial charge in [-0.3, -0.25) is 0 Å². The molecule has 2 unspecified atom stereocenters. The van der Waals surface area contributed by atoms with Gasteiger partial charge in [0.2, 0.25) is 0 Å². The summed E-state index contributed by atoms with van der Waals surface area (Å²) in [6.07, 6.45) is -0.0843. The van der Waals surface area contributed by atoms with E-state index < -0.39 is 12.4 Å². The Morgan fingerprint density at radius 1 is 1.33 bits per heavy atom. The van der Waals surface area contributed by atoms with Crippen molar-refractivity contribution in [3.05, 3.63) is 0 Å². The Labute approximate surface area is 54.3 Å². The van der Waals surface area contributed by atoms with E-state index in [2.05, 4.69) is 0 Å². The van der Waals surface area contributed by atoms with Crippen LogP contribution < -0.4 is 0 Å². The minimum atomic E-state index is -0.964. The van der Waals surface area contributed by atoms with Gasteiger partial charge in [0.15, 0.2) is 6.29 Å². The van der Waals surface area contributed by atoms with Crippen LogP contribution in [-0.4, -0.2) is 28.7 Å². The van der Waals surface area contributed by atoms with E-state index in [4.69, 9.17) is 14.9 Å². The van der Waals surface area contributed by atoms with Crippen LogP contribution in [0, 0.1) is 0 Å². The molecule has 3 heteroatoms. The molecule has 1 fully saturated rings. The van der Waals surface area contributed by atoms with Gasteiger partial charge < -0.3 is 14.9 Å². The van der Waals surface area contributed by atoms with Gasteiger partial charge in [-0.1, -0.05) is 0 Å². The van der Waals surface area contributed by atoms with Crippen molar-refractivity contribution in [1.29, 1.82) is 0 Å². The summed E-state index contributed by atoms with van der Waals surface area (Å²) >= 11 is 0. The highest BCUT2D eigenvalue weighted by Crippen LogP contribution is 2.16. The quantitative estimate of drug-likeness (QED) is 0.482. The van der Waals surface area contributed by atoms with Crippen molar-refractivity contribution in [3.63, 3.8) is 0 Å². The third kappa shape index (κ3) is 1.64. The molecule has 1 aliphatic heterocycles. The molecule has 2 N–H and O–H groups in total. The Bertz CT molecular complexity index is 94.3. The van der Waals surface area contributed by atoms with Crippen molar-refractivity contribution in [1.82, 2.24) is 0 Å². The Hall–Kier alpha value is -0.120. The molecule has 0 amide bonds. The highest BCUT2D eigenvalue weighted by atomic mass is 16.6. The molecule has 0 spiro atoms. The van der Waals surface area contributed by atoms with Crippen LogP contribution in [0.15, 0.2) is 0 Å². The Kier molecular flexibility index (Phi) is 2.05. The minimum Gasteiger partial charge on any atom is -0.388 e. The molecule has 0 bridgehead atoms. The topological polar surface area (TPSA) is 49.7 Å². The van der Waals surface area contributed by atoms with Crippen LogP contribution in [0.5, 0.6) is 0 Å². The number of aliphatic hydroxyl groups is 2. The van der Waals surface area contributed by atoms with E-state index in [1.807, 2.05) is 6.92 Å². The molecule has 3 atom stereocenters. The molecule has 0 radical (unpaired) electrons. The van der Waals surface area contributed by atoms with Crippen LogP contribution in [0.3, 0.4) is 0 Å². The summed E-state index contributed by atoms with van der Waals surface area (Å²) in [4.78, 5) is 0. The number of aliphatic hydroxyl groups excluding tert-OH is 2. The summed E-state index contributed by atoms with van der Waals surface area (Å²) in [7, 11) is 0. The Balaban J connectivity index is 2.35. The Morgan fingerprint density at radius 3 is 2.44 bits per heavy atom. The van der Waals surface area contributed by atoms with Gasteiger partial charge in [-0.15, -0.1) is 0 Å². The normalized spacial score (nSPS) is 45.0. The molecule has 0 aromatic carbocycles. The zero-order chi connectivity index (χ0) is 6.85. The second-order valence-corrected chi connectivity index (χ2v) is 2.48. The van der Waals surface area contributed by atoms with E-state index in [0.717, 1.165) is 6.42 Å². The average molecular weight is 132 g/mol.